The highest BCUT2D eigenvalue weighted by molar-refractivity contribution is 5.77. The summed E-state index contributed by atoms with van der Waals surface area (Å²) in [6, 6.07) is 13.1. The first kappa shape index (κ1) is 19.1. The van der Waals surface area contributed by atoms with Crippen molar-refractivity contribution in [2.75, 3.05) is 40.3 Å². The third-order valence-electron chi connectivity index (χ3n) is 6.34. The number of carbonyl (C=O) groups is 1. The summed E-state index contributed by atoms with van der Waals surface area (Å²) in [6.45, 7) is 5.52. The zero-order valence-electron chi connectivity index (χ0n) is 17.0. The summed E-state index contributed by atoms with van der Waals surface area (Å²) in [4.78, 5) is 23.0. The van der Waals surface area contributed by atoms with Crippen molar-refractivity contribution in [3.8, 4) is 0 Å². The zero-order chi connectivity index (χ0) is 19.6. The number of pyridine rings is 1. The largest absolute Gasteiger partial charge is 0.348 e. The lowest BCUT2D eigenvalue weighted by Gasteiger charge is -2.48. The molecule has 0 aliphatic carbocycles. The minimum Gasteiger partial charge on any atom is -0.348 e. The summed E-state index contributed by atoms with van der Waals surface area (Å²) in [7, 11) is 3.68. The average molecular weight is 379 g/mol. The van der Waals surface area contributed by atoms with Crippen LogP contribution in [0.15, 0.2) is 48.8 Å². The SMILES string of the molecule is CN(C)C(=O)CN1Cc2ccccc2C2(CCN(Cc3ccncc3)CC2)C1. The van der Waals surface area contributed by atoms with Gasteiger partial charge in [0.25, 0.3) is 0 Å². The smallest absolute Gasteiger partial charge is 0.236 e. The number of carbonyl (C=O) groups excluding carboxylic acids is 1. The van der Waals surface area contributed by atoms with Gasteiger partial charge in [-0.2, -0.15) is 0 Å². The minimum atomic E-state index is 0.163. The standard InChI is InChI=1S/C23H30N4O/c1-25(2)22(28)17-27-16-20-5-3-4-6-21(20)23(18-27)9-13-26(14-10-23)15-19-7-11-24-12-8-19/h3-8,11-12H,9-10,13-18H2,1-2H3. The first-order chi connectivity index (χ1) is 13.6. The van der Waals surface area contributed by atoms with Crippen LogP contribution in [0.5, 0.6) is 0 Å². The number of likely N-dealkylation sites (N-methyl/N-ethyl adjacent to an activating group) is 1. The molecule has 2 aliphatic heterocycles. The maximum absolute atomic E-state index is 12.3. The van der Waals surface area contributed by atoms with Crippen LogP contribution in [0.3, 0.4) is 0 Å². The van der Waals surface area contributed by atoms with Crippen LogP contribution < -0.4 is 0 Å². The second-order valence-corrected chi connectivity index (χ2v) is 8.50. The second-order valence-electron chi connectivity index (χ2n) is 8.50. The monoisotopic (exact) mass is 378 g/mol. The molecule has 2 aromatic rings. The van der Waals surface area contributed by atoms with Gasteiger partial charge in [-0.3, -0.25) is 19.6 Å². The topological polar surface area (TPSA) is 39.7 Å². The van der Waals surface area contributed by atoms with E-state index in [0.717, 1.165) is 45.6 Å². The van der Waals surface area contributed by atoms with Crippen LogP contribution in [-0.2, 0) is 23.3 Å². The Balaban J connectivity index is 1.50. The van der Waals surface area contributed by atoms with E-state index in [1.807, 2.05) is 26.5 Å². The third kappa shape index (κ3) is 3.96. The van der Waals surface area contributed by atoms with Crippen molar-refractivity contribution in [1.82, 2.24) is 19.7 Å². The number of likely N-dealkylation sites (tertiary alicyclic amines) is 1. The Bertz CT molecular complexity index is 812. The second kappa shape index (κ2) is 8.02. The molecule has 28 heavy (non-hydrogen) atoms. The molecule has 0 saturated carbocycles. The van der Waals surface area contributed by atoms with E-state index >= 15 is 0 Å². The van der Waals surface area contributed by atoms with E-state index in [4.69, 9.17) is 0 Å². The summed E-state index contributed by atoms with van der Waals surface area (Å²) in [6.07, 6.45) is 6.03. The van der Waals surface area contributed by atoms with E-state index in [-0.39, 0.29) is 11.3 Å². The Morgan fingerprint density at radius 3 is 2.50 bits per heavy atom. The fourth-order valence-electron chi connectivity index (χ4n) is 4.74. The molecule has 0 radical (unpaired) electrons. The van der Waals surface area contributed by atoms with Crippen LogP contribution in [0, 0.1) is 0 Å². The first-order valence-corrected chi connectivity index (χ1v) is 10.2. The Hall–Kier alpha value is -2.24. The summed E-state index contributed by atoms with van der Waals surface area (Å²) >= 11 is 0. The first-order valence-electron chi connectivity index (χ1n) is 10.2. The molecule has 3 heterocycles. The Kier molecular flexibility index (Phi) is 5.47. The number of hydrogen-bond donors (Lipinski definition) is 0. The van der Waals surface area contributed by atoms with Crippen molar-refractivity contribution in [1.29, 1.82) is 0 Å². The van der Waals surface area contributed by atoms with Gasteiger partial charge in [0.15, 0.2) is 0 Å². The van der Waals surface area contributed by atoms with E-state index in [2.05, 4.69) is 51.2 Å². The van der Waals surface area contributed by atoms with E-state index in [0.29, 0.717) is 6.54 Å². The predicted octanol–water partition coefficient (Wildman–Crippen LogP) is 2.52. The van der Waals surface area contributed by atoms with Gasteiger partial charge in [-0.25, -0.2) is 0 Å². The highest BCUT2D eigenvalue weighted by Gasteiger charge is 2.42. The Morgan fingerprint density at radius 1 is 1.07 bits per heavy atom. The Morgan fingerprint density at radius 2 is 1.79 bits per heavy atom. The van der Waals surface area contributed by atoms with Crippen LogP contribution in [0.2, 0.25) is 0 Å². The molecule has 148 valence electrons. The molecule has 0 unspecified atom stereocenters. The molecular weight excluding hydrogens is 348 g/mol. The zero-order valence-corrected chi connectivity index (χ0v) is 17.0. The molecule has 5 nitrogen and oxygen atoms in total. The molecule has 1 aromatic heterocycles. The van der Waals surface area contributed by atoms with Gasteiger partial charge in [0, 0.05) is 51.5 Å². The summed E-state index contributed by atoms with van der Waals surface area (Å²) < 4.78 is 0. The van der Waals surface area contributed by atoms with Gasteiger partial charge in [-0.1, -0.05) is 24.3 Å². The van der Waals surface area contributed by atoms with Gasteiger partial charge in [0.2, 0.25) is 5.91 Å². The van der Waals surface area contributed by atoms with Crippen molar-refractivity contribution in [3.63, 3.8) is 0 Å². The van der Waals surface area contributed by atoms with E-state index in [1.165, 1.54) is 16.7 Å². The summed E-state index contributed by atoms with van der Waals surface area (Å²) in [5.74, 6) is 0.185. The van der Waals surface area contributed by atoms with Crippen LogP contribution in [0.25, 0.3) is 0 Å². The molecule has 1 spiro atoms. The van der Waals surface area contributed by atoms with E-state index in [1.54, 1.807) is 4.90 Å². The third-order valence-corrected chi connectivity index (χ3v) is 6.34. The molecular formula is C23H30N4O. The van der Waals surface area contributed by atoms with Gasteiger partial charge in [-0.15, -0.1) is 0 Å². The van der Waals surface area contributed by atoms with Crippen LogP contribution >= 0.6 is 0 Å². The van der Waals surface area contributed by atoms with Crippen molar-refractivity contribution in [3.05, 3.63) is 65.5 Å². The molecule has 1 aromatic carbocycles. The van der Waals surface area contributed by atoms with Gasteiger partial charge in [0.1, 0.15) is 0 Å². The number of hydrogen-bond acceptors (Lipinski definition) is 4. The minimum absolute atomic E-state index is 0.163. The van der Waals surface area contributed by atoms with Crippen molar-refractivity contribution >= 4 is 5.91 Å². The van der Waals surface area contributed by atoms with E-state index in [9.17, 15) is 4.79 Å². The molecule has 1 saturated heterocycles. The van der Waals surface area contributed by atoms with Gasteiger partial charge in [-0.05, 0) is 54.8 Å². The molecule has 5 heteroatoms. The highest BCUT2D eigenvalue weighted by Crippen LogP contribution is 2.41. The van der Waals surface area contributed by atoms with Crippen molar-refractivity contribution < 1.29 is 4.79 Å². The van der Waals surface area contributed by atoms with Crippen molar-refractivity contribution in [2.45, 2.75) is 31.3 Å². The summed E-state index contributed by atoms with van der Waals surface area (Å²) in [5.41, 5.74) is 4.39. The molecule has 2 aliphatic rings. The van der Waals surface area contributed by atoms with Gasteiger partial charge in [0.05, 0.1) is 6.54 Å². The molecule has 0 N–H and O–H groups in total. The van der Waals surface area contributed by atoms with Crippen molar-refractivity contribution in [2.24, 2.45) is 0 Å². The number of rotatable bonds is 4. The average Bonchev–Trinajstić information content (AvgIpc) is 2.71. The molecule has 0 bridgehead atoms. The lowest BCUT2D eigenvalue weighted by Crippen LogP contribution is -2.53. The lowest BCUT2D eigenvalue weighted by molar-refractivity contribution is -0.130. The fraction of sp³-hybridized carbons (Fsp3) is 0.478. The number of aromatic nitrogens is 1. The fourth-order valence-corrected chi connectivity index (χ4v) is 4.74. The maximum Gasteiger partial charge on any atom is 0.236 e. The predicted molar refractivity (Wildman–Crippen MR) is 111 cm³/mol. The molecule has 4 rings (SSSR count). The van der Waals surface area contributed by atoms with Crippen LogP contribution in [0.1, 0.15) is 29.5 Å². The number of nitrogens with zero attached hydrogens (tertiary/aromatic N) is 4. The number of piperidine rings is 1. The van der Waals surface area contributed by atoms with E-state index < -0.39 is 0 Å². The normalized spacial score (nSPS) is 19.4. The maximum atomic E-state index is 12.3. The highest BCUT2D eigenvalue weighted by atomic mass is 16.2. The van der Waals surface area contributed by atoms with Crippen LogP contribution in [-0.4, -0.2) is 65.9 Å². The number of amides is 1. The van der Waals surface area contributed by atoms with Gasteiger partial charge < -0.3 is 4.90 Å². The van der Waals surface area contributed by atoms with Crippen LogP contribution in [0.4, 0.5) is 0 Å². The molecule has 1 amide bonds. The molecule has 1 fully saturated rings. The number of benzene rings is 1. The van der Waals surface area contributed by atoms with Gasteiger partial charge >= 0.3 is 0 Å². The summed E-state index contributed by atoms with van der Waals surface area (Å²) in [5, 5.41) is 0. The Labute approximate surface area is 168 Å². The number of fused-ring (bicyclic) bond motifs is 2. The molecule has 0 atom stereocenters. The quantitative estimate of drug-likeness (QED) is 0.820. The lowest BCUT2D eigenvalue weighted by atomic mass is 9.69.